The maximum Gasteiger partial charge on any atom is 0.303 e. The number of rotatable bonds is 16. The standard InChI is InChI=1S/C18H36O2.C4H8/c1-2-3-4-5-6-7-8-9-10-11-12-13-14-15-16-17-18(19)20;1-3-4-2/h2-17H2,1H3,(H,19,20);3-4H,1-2H3. The minimum atomic E-state index is -0.653. The molecule has 0 bridgehead atoms. The second-order valence-electron chi connectivity index (χ2n) is 6.76. The lowest BCUT2D eigenvalue weighted by Gasteiger charge is -2.03. The van der Waals surface area contributed by atoms with Gasteiger partial charge in [0.2, 0.25) is 0 Å². The second-order valence-corrected chi connectivity index (χ2v) is 6.76. The van der Waals surface area contributed by atoms with Crippen LogP contribution in [0.3, 0.4) is 0 Å². The summed E-state index contributed by atoms with van der Waals surface area (Å²) in [5, 5.41) is 8.52. The van der Waals surface area contributed by atoms with Crippen molar-refractivity contribution in [3.63, 3.8) is 0 Å². The Labute approximate surface area is 152 Å². The van der Waals surface area contributed by atoms with Gasteiger partial charge in [-0.3, -0.25) is 4.79 Å². The van der Waals surface area contributed by atoms with Gasteiger partial charge in [0.05, 0.1) is 0 Å². The third-order valence-electron chi connectivity index (χ3n) is 4.33. The van der Waals surface area contributed by atoms with Crippen LogP contribution in [0.5, 0.6) is 0 Å². The molecule has 0 unspecified atom stereocenters. The van der Waals surface area contributed by atoms with Crippen LogP contribution in [0.15, 0.2) is 12.2 Å². The average Bonchev–Trinajstić information content (AvgIpc) is 2.58. The second kappa shape index (κ2) is 24.5. The smallest absolute Gasteiger partial charge is 0.303 e. The van der Waals surface area contributed by atoms with E-state index in [2.05, 4.69) is 6.92 Å². The predicted molar refractivity (Wildman–Crippen MR) is 108 cm³/mol. The normalized spacial score (nSPS) is 10.6. The van der Waals surface area contributed by atoms with Crippen LogP contribution in [0.4, 0.5) is 0 Å². The monoisotopic (exact) mass is 340 g/mol. The molecule has 0 rings (SSSR count). The fourth-order valence-electron chi connectivity index (χ4n) is 2.65. The maximum atomic E-state index is 10.3. The Morgan fingerprint density at radius 2 is 0.917 bits per heavy atom. The number of carboxylic acids is 1. The van der Waals surface area contributed by atoms with Crippen LogP contribution in [0.2, 0.25) is 0 Å². The summed E-state index contributed by atoms with van der Waals surface area (Å²) in [4.78, 5) is 10.3. The first-order valence-corrected chi connectivity index (χ1v) is 10.5. The lowest BCUT2D eigenvalue weighted by Crippen LogP contribution is -1.93. The van der Waals surface area contributed by atoms with E-state index in [1.54, 1.807) is 0 Å². The quantitative estimate of drug-likeness (QED) is 0.229. The van der Waals surface area contributed by atoms with Gasteiger partial charge in [0.25, 0.3) is 0 Å². The van der Waals surface area contributed by atoms with Gasteiger partial charge in [-0.05, 0) is 20.3 Å². The number of hydrogen-bond acceptors (Lipinski definition) is 1. The van der Waals surface area contributed by atoms with Gasteiger partial charge >= 0.3 is 5.97 Å². The predicted octanol–water partition coefficient (Wildman–Crippen LogP) is 7.91. The minimum absolute atomic E-state index is 0.345. The third kappa shape index (κ3) is 29.2. The zero-order valence-corrected chi connectivity index (χ0v) is 16.8. The summed E-state index contributed by atoms with van der Waals surface area (Å²) in [5.74, 6) is -0.653. The van der Waals surface area contributed by atoms with E-state index < -0.39 is 5.97 Å². The molecule has 0 saturated heterocycles. The molecule has 0 spiro atoms. The van der Waals surface area contributed by atoms with Gasteiger partial charge < -0.3 is 5.11 Å². The molecule has 0 aromatic carbocycles. The third-order valence-corrected chi connectivity index (χ3v) is 4.33. The molecular weight excluding hydrogens is 296 g/mol. The lowest BCUT2D eigenvalue weighted by molar-refractivity contribution is -0.137. The summed E-state index contributed by atoms with van der Waals surface area (Å²) < 4.78 is 0. The molecule has 0 aliphatic carbocycles. The van der Waals surface area contributed by atoms with Crippen LogP contribution in [0.25, 0.3) is 0 Å². The molecule has 0 heterocycles. The SMILES string of the molecule is CC=CC.CCCCCCCCCCCCCCCCCC(=O)O. The van der Waals surface area contributed by atoms with Crippen LogP contribution >= 0.6 is 0 Å². The van der Waals surface area contributed by atoms with Crippen LogP contribution in [0, 0.1) is 0 Å². The fraction of sp³-hybridized carbons (Fsp3) is 0.864. The Morgan fingerprint density at radius 1 is 0.625 bits per heavy atom. The van der Waals surface area contributed by atoms with Crippen molar-refractivity contribution >= 4 is 5.97 Å². The molecular formula is C22H44O2. The minimum Gasteiger partial charge on any atom is -0.481 e. The highest BCUT2D eigenvalue weighted by atomic mass is 16.4. The van der Waals surface area contributed by atoms with Crippen LogP contribution in [-0.4, -0.2) is 11.1 Å². The Morgan fingerprint density at radius 3 is 1.17 bits per heavy atom. The number of carboxylic acid groups (broad SMARTS) is 1. The number of aliphatic carboxylic acids is 1. The largest absolute Gasteiger partial charge is 0.481 e. The van der Waals surface area contributed by atoms with Crippen molar-refractivity contribution in [3.8, 4) is 0 Å². The molecule has 0 radical (unpaired) electrons. The van der Waals surface area contributed by atoms with Gasteiger partial charge in [-0.2, -0.15) is 0 Å². The summed E-state index contributed by atoms with van der Waals surface area (Å²) in [6.45, 7) is 6.27. The number of hydrogen-bond donors (Lipinski definition) is 1. The molecule has 0 amide bonds. The van der Waals surface area contributed by atoms with Gasteiger partial charge in [0, 0.05) is 6.42 Å². The van der Waals surface area contributed by atoms with Crippen molar-refractivity contribution in [2.24, 2.45) is 0 Å². The van der Waals surface area contributed by atoms with Crippen molar-refractivity contribution in [2.45, 2.75) is 124 Å². The van der Waals surface area contributed by atoms with Gasteiger partial charge in [-0.1, -0.05) is 109 Å². The van der Waals surface area contributed by atoms with Gasteiger partial charge in [-0.15, -0.1) is 0 Å². The molecule has 0 saturated carbocycles. The topological polar surface area (TPSA) is 37.3 Å². The Bertz CT molecular complexity index is 255. The molecule has 0 aromatic rings. The summed E-state index contributed by atoms with van der Waals surface area (Å²) >= 11 is 0. The highest BCUT2D eigenvalue weighted by Gasteiger charge is 1.97. The molecule has 24 heavy (non-hydrogen) atoms. The van der Waals surface area contributed by atoms with E-state index >= 15 is 0 Å². The highest BCUT2D eigenvalue weighted by molar-refractivity contribution is 5.66. The molecule has 0 aliphatic heterocycles. The first-order valence-electron chi connectivity index (χ1n) is 10.5. The zero-order valence-electron chi connectivity index (χ0n) is 16.8. The number of allylic oxidation sites excluding steroid dienone is 2. The Hall–Kier alpha value is -0.790. The van der Waals surface area contributed by atoms with E-state index in [0.29, 0.717) is 6.42 Å². The molecule has 2 nitrogen and oxygen atoms in total. The fourth-order valence-corrected chi connectivity index (χ4v) is 2.65. The summed E-state index contributed by atoms with van der Waals surface area (Å²) in [7, 11) is 0. The summed E-state index contributed by atoms with van der Waals surface area (Å²) in [6.07, 6.45) is 24.2. The molecule has 0 aliphatic rings. The molecule has 2 heteroatoms. The molecule has 1 N–H and O–H groups in total. The molecule has 0 atom stereocenters. The van der Waals surface area contributed by atoms with Crippen molar-refractivity contribution in [3.05, 3.63) is 12.2 Å². The van der Waals surface area contributed by atoms with E-state index in [1.807, 2.05) is 26.0 Å². The van der Waals surface area contributed by atoms with E-state index in [0.717, 1.165) is 12.8 Å². The van der Waals surface area contributed by atoms with Crippen molar-refractivity contribution in [1.82, 2.24) is 0 Å². The summed E-state index contributed by atoms with van der Waals surface area (Å²) in [6, 6.07) is 0. The van der Waals surface area contributed by atoms with Crippen molar-refractivity contribution < 1.29 is 9.90 Å². The van der Waals surface area contributed by atoms with Gasteiger partial charge in [-0.25, -0.2) is 0 Å². The lowest BCUT2D eigenvalue weighted by atomic mass is 10.0. The first kappa shape index (κ1) is 25.5. The van der Waals surface area contributed by atoms with Crippen LogP contribution < -0.4 is 0 Å². The molecule has 0 fully saturated rings. The average molecular weight is 341 g/mol. The summed E-state index contributed by atoms with van der Waals surface area (Å²) in [5.41, 5.74) is 0. The Balaban J connectivity index is 0. The van der Waals surface area contributed by atoms with E-state index in [-0.39, 0.29) is 0 Å². The zero-order chi connectivity index (χ0) is 18.3. The highest BCUT2D eigenvalue weighted by Crippen LogP contribution is 2.13. The van der Waals surface area contributed by atoms with Crippen LogP contribution in [0.1, 0.15) is 124 Å². The van der Waals surface area contributed by atoms with Gasteiger partial charge in [0.1, 0.15) is 0 Å². The molecule has 0 aromatic heterocycles. The van der Waals surface area contributed by atoms with E-state index in [1.165, 1.54) is 83.5 Å². The van der Waals surface area contributed by atoms with E-state index in [9.17, 15) is 4.79 Å². The first-order chi connectivity index (χ1) is 11.7. The number of unbranched alkanes of at least 4 members (excludes halogenated alkanes) is 14. The van der Waals surface area contributed by atoms with E-state index in [4.69, 9.17) is 5.11 Å². The number of carbonyl (C=O) groups is 1. The van der Waals surface area contributed by atoms with Crippen molar-refractivity contribution in [1.29, 1.82) is 0 Å². The Kier molecular flexibility index (Phi) is 25.9. The molecule has 144 valence electrons. The maximum absolute atomic E-state index is 10.3. The van der Waals surface area contributed by atoms with Gasteiger partial charge in [0.15, 0.2) is 0 Å². The van der Waals surface area contributed by atoms with Crippen LogP contribution in [-0.2, 0) is 4.79 Å². The van der Waals surface area contributed by atoms with Crippen molar-refractivity contribution in [2.75, 3.05) is 0 Å².